The quantitative estimate of drug-likeness (QED) is 0.372. The van der Waals surface area contributed by atoms with Crippen molar-refractivity contribution in [1.82, 2.24) is 10.2 Å². The molecule has 1 aromatic carbocycles. The van der Waals surface area contributed by atoms with E-state index in [1.54, 1.807) is 7.11 Å². The molecule has 3 N–H and O–H groups in total. The number of carbonyl (C=O) groups is 2. The van der Waals surface area contributed by atoms with Crippen LogP contribution in [-0.4, -0.2) is 93.8 Å². The molecule has 0 bridgehead atoms. The second-order valence-corrected chi connectivity index (χ2v) is 8.12. The third kappa shape index (κ3) is 22.9. The van der Waals surface area contributed by atoms with Crippen molar-refractivity contribution in [2.75, 3.05) is 47.6 Å². The Morgan fingerprint density at radius 2 is 1.76 bits per heavy atom. The van der Waals surface area contributed by atoms with Crippen LogP contribution in [0.15, 0.2) is 24.3 Å². The number of hydrogen-bond donors (Lipinski definition) is 3. The first-order chi connectivity index (χ1) is 17.8. The lowest BCUT2D eigenvalue weighted by Gasteiger charge is -2.36. The largest absolute Gasteiger partial charge is 0.492 e. The van der Waals surface area contributed by atoms with Crippen LogP contribution in [0.5, 0.6) is 5.75 Å². The standard InChI is InChI=1S/C20H32N2O4.C4H10O.C2H6.CH4O.CH2O/c1-15-6-8-18(9-7-15)25-12-10-21-19(23)5-4-11-22(3)17-13-16(2)26-20(24)14-17;1-3-4-5-2;3*1-2/h6-9,16-17,20,24H,4-5,10-14H2,1-3H3,(H,21,23);3-4H2,1-2H3;1-2H3;2H,1H3;1H2. The Morgan fingerprint density at radius 1 is 1.16 bits per heavy atom. The van der Waals surface area contributed by atoms with E-state index in [0.29, 0.717) is 32.0 Å². The molecule has 1 amide bonds. The molecule has 1 heterocycles. The minimum absolute atomic E-state index is 0.0475. The fraction of sp³-hybridized carbons (Fsp3) is 0.714. The number of methoxy groups -OCH3 is 1. The van der Waals surface area contributed by atoms with Gasteiger partial charge in [-0.2, -0.15) is 0 Å². The maximum absolute atomic E-state index is 11.9. The molecule has 0 aliphatic carbocycles. The summed E-state index contributed by atoms with van der Waals surface area (Å²) >= 11 is 0. The van der Waals surface area contributed by atoms with E-state index in [1.165, 1.54) is 5.56 Å². The number of nitrogens with one attached hydrogen (secondary N) is 1. The fourth-order valence-corrected chi connectivity index (χ4v) is 3.41. The molecule has 1 fully saturated rings. The van der Waals surface area contributed by atoms with Gasteiger partial charge in [-0.15, -0.1) is 0 Å². The second-order valence-electron chi connectivity index (χ2n) is 8.12. The van der Waals surface area contributed by atoms with Crippen molar-refractivity contribution < 1.29 is 34.0 Å². The topological polar surface area (TPSA) is 118 Å². The predicted octanol–water partition coefficient (Wildman–Crippen LogP) is 3.58. The number of hydrogen-bond acceptors (Lipinski definition) is 8. The summed E-state index contributed by atoms with van der Waals surface area (Å²) in [7, 11) is 4.76. The van der Waals surface area contributed by atoms with Gasteiger partial charge in [-0.3, -0.25) is 4.79 Å². The average Bonchev–Trinajstić information content (AvgIpc) is 2.91. The van der Waals surface area contributed by atoms with E-state index in [2.05, 4.69) is 17.1 Å². The van der Waals surface area contributed by atoms with E-state index in [0.717, 1.165) is 45.3 Å². The minimum Gasteiger partial charge on any atom is -0.492 e. The van der Waals surface area contributed by atoms with E-state index >= 15 is 0 Å². The maximum Gasteiger partial charge on any atom is 0.220 e. The lowest BCUT2D eigenvalue weighted by molar-refractivity contribution is -0.173. The van der Waals surface area contributed by atoms with Crippen molar-refractivity contribution in [3.63, 3.8) is 0 Å². The van der Waals surface area contributed by atoms with Gasteiger partial charge in [-0.25, -0.2) is 0 Å². The van der Waals surface area contributed by atoms with Gasteiger partial charge >= 0.3 is 0 Å². The van der Waals surface area contributed by atoms with Crippen LogP contribution in [0.25, 0.3) is 0 Å². The lowest BCUT2D eigenvalue weighted by Crippen LogP contribution is -2.43. The first-order valence-electron chi connectivity index (χ1n) is 13.1. The van der Waals surface area contributed by atoms with Crippen LogP contribution in [0, 0.1) is 6.92 Å². The monoisotopic (exact) mass is 530 g/mol. The zero-order valence-electron chi connectivity index (χ0n) is 24.5. The van der Waals surface area contributed by atoms with E-state index < -0.39 is 6.29 Å². The molecule has 218 valence electrons. The number of nitrogens with zero attached hydrogens (tertiary/aromatic N) is 1. The number of ether oxygens (including phenoxy) is 3. The molecule has 0 saturated carbocycles. The minimum atomic E-state index is -0.678. The summed E-state index contributed by atoms with van der Waals surface area (Å²) in [5.41, 5.74) is 1.19. The Hall–Kier alpha value is -2.04. The van der Waals surface area contributed by atoms with Crippen LogP contribution in [0.2, 0.25) is 0 Å². The van der Waals surface area contributed by atoms with Gasteiger partial charge < -0.3 is 39.4 Å². The molecule has 0 aromatic heterocycles. The van der Waals surface area contributed by atoms with Crippen LogP contribution >= 0.6 is 0 Å². The molecule has 3 atom stereocenters. The summed E-state index contributed by atoms with van der Waals surface area (Å²) in [6.45, 7) is 14.8. The van der Waals surface area contributed by atoms with Gasteiger partial charge in [0.15, 0.2) is 6.29 Å². The fourth-order valence-electron chi connectivity index (χ4n) is 3.41. The summed E-state index contributed by atoms with van der Waals surface area (Å²) in [6.07, 6.45) is 3.35. The summed E-state index contributed by atoms with van der Waals surface area (Å²) in [6, 6.07) is 8.17. The van der Waals surface area contributed by atoms with Gasteiger partial charge in [0.1, 0.15) is 19.1 Å². The highest BCUT2D eigenvalue weighted by atomic mass is 16.6. The summed E-state index contributed by atoms with van der Waals surface area (Å²) in [5.74, 6) is 0.866. The van der Waals surface area contributed by atoms with E-state index in [-0.39, 0.29) is 12.0 Å². The zero-order chi connectivity index (χ0) is 29.1. The summed E-state index contributed by atoms with van der Waals surface area (Å²) in [4.78, 5) is 22.1. The van der Waals surface area contributed by atoms with Crippen molar-refractivity contribution in [3.8, 4) is 5.75 Å². The Morgan fingerprint density at radius 3 is 2.24 bits per heavy atom. The molecule has 1 saturated heterocycles. The first kappa shape index (κ1) is 39.5. The van der Waals surface area contributed by atoms with Crippen LogP contribution in [0.4, 0.5) is 0 Å². The molecule has 3 unspecified atom stereocenters. The first-order valence-corrected chi connectivity index (χ1v) is 13.1. The summed E-state index contributed by atoms with van der Waals surface area (Å²) < 4.78 is 15.6. The second kappa shape index (κ2) is 28.5. The van der Waals surface area contributed by atoms with Crippen molar-refractivity contribution in [2.45, 2.75) is 85.2 Å². The molecule has 9 nitrogen and oxygen atoms in total. The van der Waals surface area contributed by atoms with E-state index in [1.807, 2.05) is 65.8 Å². The van der Waals surface area contributed by atoms with E-state index in [4.69, 9.17) is 24.1 Å². The number of benzene rings is 1. The number of amides is 1. The van der Waals surface area contributed by atoms with Crippen LogP contribution in [-0.2, 0) is 19.1 Å². The van der Waals surface area contributed by atoms with Gasteiger partial charge in [0.25, 0.3) is 0 Å². The van der Waals surface area contributed by atoms with Gasteiger partial charge in [0, 0.05) is 39.7 Å². The molecule has 9 heteroatoms. The molecule has 1 aliphatic heterocycles. The molecule has 1 aromatic rings. The van der Waals surface area contributed by atoms with Crippen molar-refractivity contribution in [3.05, 3.63) is 29.8 Å². The molecular weight excluding hydrogens is 476 g/mol. The third-order valence-corrected chi connectivity index (χ3v) is 5.13. The maximum atomic E-state index is 11.9. The van der Waals surface area contributed by atoms with Crippen LogP contribution in [0.3, 0.4) is 0 Å². The summed E-state index contributed by atoms with van der Waals surface area (Å²) in [5, 5.41) is 19.6. The Labute approximate surface area is 225 Å². The molecule has 0 radical (unpaired) electrons. The number of carbonyl (C=O) groups excluding carboxylic acids is 2. The van der Waals surface area contributed by atoms with Crippen molar-refractivity contribution in [1.29, 1.82) is 0 Å². The van der Waals surface area contributed by atoms with Crippen LogP contribution in [0.1, 0.15) is 65.4 Å². The smallest absolute Gasteiger partial charge is 0.220 e. The highest BCUT2D eigenvalue weighted by Gasteiger charge is 2.28. The Balaban J connectivity index is -0.000000906. The number of aliphatic hydroxyl groups is 2. The van der Waals surface area contributed by atoms with E-state index in [9.17, 15) is 9.90 Å². The average molecular weight is 531 g/mol. The zero-order valence-corrected chi connectivity index (χ0v) is 24.5. The van der Waals surface area contributed by atoms with Crippen LogP contribution < -0.4 is 10.1 Å². The van der Waals surface area contributed by atoms with Crippen molar-refractivity contribution >= 4 is 12.7 Å². The predicted molar refractivity (Wildman–Crippen MR) is 150 cm³/mol. The van der Waals surface area contributed by atoms with Gasteiger partial charge in [0.2, 0.25) is 5.91 Å². The Kier molecular flexibility index (Phi) is 30.4. The SMILES string of the molecule is C=O.CC.CCCOC.CO.Cc1ccc(OCCNC(=O)CCCN(C)C2CC(C)OC(O)C2)cc1. The molecule has 37 heavy (non-hydrogen) atoms. The molecule has 2 rings (SSSR count). The molecule has 1 aliphatic rings. The van der Waals surface area contributed by atoms with Gasteiger partial charge in [-0.1, -0.05) is 38.5 Å². The molecule has 0 spiro atoms. The van der Waals surface area contributed by atoms with Gasteiger partial charge in [0.05, 0.1) is 12.6 Å². The van der Waals surface area contributed by atoms with Crippen molar-refractivity contribution in [2.24, 2.45) is 0 Å². The highest BCUT2D eigenvalue weighted by molar-refractivity contribution is 5.75. The molecular formula is C28H54N2O7. The van der Waals surface area contributed by atoms with Gasteiger partial charge in [-0.05, 0) is 58.8 Å². The Bertz CT molecular complexity index is 605. The highest BCUT2D eigenvalue weighted by Crippen LogP contribution is 2.21. The normalized spacial score (nSPS) is 17.8. The third-order valence-electron chi connectivity index (χ3n) is 5.13. The lowest BCUT2D eigenvalue weighted by atomic mass is 10.0. The number of aliphatic hydroxyl groups excluding tert-OH is 2. The number of rotatable bonds is 11. The number of aryl methyl sites for hydroxylation is 1.